The van der Waals surface area contributed by atoms with Crippen LogP contribution in [0.15, 0.2) is 0 Å². The van der Waals surface area contributed by atoms with Crippen molar-refractivity contribution in [1.82, 2.24) is 4.90 Å². The highest BCUT2D eigenvalue weighted by atomic mass is 16.5. The van der Waals surface area contributed by atoms with Crippen LogP contribution in [0, 0.1) is 0 Å². The summed E-state index contributed by atoms with van der Waals surface area (Å²) in [4.78, 5) is 2.29. The molecule has 1 fully saturated rings. The third-order valence-corrected chi connectivity index (χ3v) is 1.99. The Labute approximate surface area is 68.3 Å². The maximum Gasteiger partial charge on any atom is 0.0715 e. The van der Waals surface area contributed by atoms with Crippen LogP contribution >= 0.6 is 0 Å². The molecule has 1 atom stereocenters. The smallest absolute Gasteiger partial charge is 0.0715 e. The van der Waals surface area contributed by atoms with Crippen LogP contribution < -0.4 is 0 Å². The normalized spacial score (nSPS) is 26.2. The Morgan fingerprint density at radius 2 is 2.27 bits per heavy atom. The predicted molar refractivity (Wildman–Crippen MR) is 43.7 cm³/mol. The molecule has 1 rings (SSSR count). The van der Waals surface area contributed by atoms with Crippen molar-refractivity contribution < 1.29 is 9.47 Å². The van der Waals surface area contributed by atoms with E-state index in [9.17, 15) is 0 Å². The first kappa shape index (κ1) is 8.97. The molecule has 0 N–H and O–H groups in total. The van der Waals surface area contributed by atoms with Gasteiger partial charge in [-0.25, -0.2) is 0 Å². The monoisotopic (exact) mass is 159 g/mol. The average Bonchev–Trinajstić information content (AvgIpc) is 2.37. The predicted octanol–water partition coefficient (Wildman–Crippen LogP) is 0.354. The zero-order chi connectivity index (χ0) is 8.10. The van der Waals surface area contributed by atoms with E-state index in [-0.39, 0.29) is 0 Å². The minimum atomic E-state index is 0.440. The molecule has 0 bridgehead atoms. The Balaban J connectivity index is 1.99. The largest absolute Gasteiger partial charge is 0.382 e. The van der Waals surface area contributed by atoms with Gasteiger partial charge in [0.2, 0.25) is 0 Å². The summed E-state index contributed by atoms with van der Waals surface area (Å²) < 4.78 is 10.4. The van der Waals surface area contributed by atoms with E-state index < -0.39 is 0 Å². The summed E-state index contributed by atoms with van der Waals surface area (Å²) >= 11 is 0. The number of methoxy groups -OCH3 is 1. The molecule has 0 spiro atoms. The molecule has 3 heteroatoms. The van der Waals surface area contributed by atoms with Crippen LogP contribution in [0.5, 0.6) is 0 Å². The molecule has 0 aliphatic carbocycles. The van der Waals surface area contributed by atoms with Crippen LogP contribution in [-0.4, -0.2) is 51.5 Å². The molecule has 11 heavy (non-hydrogen) atoms. The first-order chi connectivity index (χ1) is 5.33. The lowest BCUT2D eigenvalue weighted by molar-refractivity contribution is 0.0233. The number of hydrogen-bond acceptors (Lipinski definition) is 3. The van der Waals surface area contributed by atoms with Gasteiger partial charge in [0, 0.05) is 20.2 Å². The van der Waals surface area contributed by atoms with Crippen molar-refractivity contribution in [3.05, 3.63) is 0 Å². The fourth-order valence-electron chi connectivity index (χ4n) is 1.33. The number of likely N-dealkylation sites (tertiary alicyclic amines) is 1. The van der Waals surface area contributed by atoms with E-state index in [2.05, 4.69) is 11.9 Å². The average molecular weight is 159 g/mol. The van der Waals surface area contributed by atoms with E-state index in [1.807, 2.05) is 0 Å². The van der Waals surface area contributed by atoms with Crippen LogP contribution in [0.3, 0.4) is 0 Å². The molecule has 0 amide bonds. The Morgan fingerprint density at radius 1 is 1.45 bits per heavy atom. The van der Waals surface area contributed by atoms with Crippen LogP contribution in [-0.2, 0) is 9.47 Å². The maximum atomic E-state index is 5.55. The summed E-state index contributed by atoms with van der Waals surface area (Å²) in [6.45, 7) is 3.68. The molecule has 1 aliphatic rings. The highest BCUT2D eigenvalue weighted by Crippen LogP contribution is 2.09. The lowest BCUT2D eigenvalue weighted by atomic mass is 10.3. The maximum absolute atomic E-state index is 5.55. The molecule has 1 saturated heterocycles. The van der Waals surface area contributed by atoms with Gasteiger partial charge in [-0.15, -0.1) is 0 Å². The van der Waals surface area contributed by atoms with Crippen molar-refractivity contribution in [3.63, 3.8) is 0 Å². The van der Waals surface area contributed by atoms with E-state index >= 15 is 0 Å². The third kappa shape index (κ3) is 3.18. The molecule has 66 valence electrons. The van der Waals surface area contributed by atoms with Crippen molar-refractivity contribution >= 4 is 0 Å². The topological polar surface area (TPSA) is 21.7 Å². The SMILES string of the molecule is COCCO[C@@H]1CCN(C)C1. The molecule has 0 unspecified atom stereocenters. The number of ether oxygens (including phenoxy) is 2. The molecule has 1 heterocycles. The van der Waals surface area contributed by atoms with Crippen molar-refractivity contribution in [2.24, 2.45) is 0 Å². The van der Waals surface area contributed by atoms with Crippen LogP contribution in [0.2, 0.25) is 0 Å². The lowest BCUT2D eigenvalue weighted by Crippen LogP contribution is -2.20. The zero-order valence-corrected chi connectivity index (χ0v) is 7.38. The first-order valence-corrected chi connectivity index (χ1v) is 4.12. The van der Waals surface area contributed by atoms with Crippen molar-refractivity contribution in [1.29, 1.82) is 0 Å². The molecule has 0 aromatic heterocycles. The minimum Gasteiger partial charge on any atom is -0.382 e. The number of likely N-dealkylation sites (N-methyl/N-ethyl adjacent to an activating group) is 1. The van der Waals surface area contributed by atoms with Gasteiger partial charge >= 0.3 is 0 Å². The van der Waals surface area contributed by atoms with Gasteiger partial charge in [-0.2, -0.15) is 0 Å². The molecule has 0 radical (unpaired) electrons. The van der Waals surface area contributed by atoms with E-state index in [0.717, 1.165) is 19.7 Å². The number of hydrogen-bond donors (Lipinski definition) is 0. The lowest BCUT2D eigenvalue weighted by Gasteiger charge is -2.10. The van der Waals surface area contributed by atoms with Gasteiger partial charge < -0.3 is 14.4 Å². The molecule has 0 saturated carbocycles. The van der Waals surface area contributed by atoms with Gasteiger partial charge in [0.15, 0.2) is 0 Å². The first-order valence-electron chi connectivity index (χ1n) is 4.12. The van der Waals surface area contributed by atoms with Gasteiger partial charge in [-0.1, -0.05) is 0 Å². The Kier molecular flexibility index (Phi) is 3.83. The molecule has 3 nitrogen and oxygen atoms in total. The van der Waals surface area contributed by atoms with Gasteiger partial charge in [0.25, 0.3) is 0 Å². The summed E-state index contributed by atoms with van der Waals surface area (Å²) in [5.74, 6) is 0. The van der Waals surface area contributed by atoms with Crippen molar-refractivity contribution in [2.75, 3.05) is 40.5 Å². The number of rotatable bonds is 4. The quantitative estimate of drug-likeness (QED) is 0.553. The highest BCUT2D eigenvalue weighted by molar-refractivity contribution is 4.72. The van der Waals surface area contributed by atoms with Gasteiger partial charge in [-0.3, -0.25) is 0 Å². The molecule has 0 aromatic carbocycles. The summed E-state index contributed by atoms with van der Waals surface area (Å²) in [7, 11) is 3.82. The summed E-state index contributed by atoms with van der Waals surface area (Å²) in [6, 6.07) is 0. The second-order valence-electron chi connectivity index (χ2n) is 3.04. The summed E-state index contributed by atoms with van der Waals surface area (Å²) in [5, 5.41) is 0. The van der Waals surface area contributed by atoms with Gasteiger partial charge in [-0.05, 0) is 13.5 Å². The van der Waals surface area contributed by atoms with Crippen molar-refractivity contribution in [3.8, 4) is 0 Å². The molecular weight excluding hydrogens is 142 g/mol. The Morgan fingerprint density at radius 3 is 2.82 bits per heavy atom. The Hall–Kier alpha value is -0.120. The highest BCUT2D eigenvalue weighted by Gasteiger charge is 2.19. The second-order valence-corrected chi connectivity index (χ2v) is 3.04. The van der Waals surface area contributed by atoms with Crippen molar-refractivity contribution in [2.45, 2.75) is 12.5 Å². The summed E-state index contributed by atoms with van der Waals surface area (Å²) in [5.41, 5.74) is 0. The van der Waals surface area contributed by atoms with Crippen LogP contribution in [0.4, 0.5) is 0 Å². The van der Waals surface area contributed by atoms with E-state index in [4.69, 9.17) is 9.47 Å². The van der Waals surface area contributed by atoms with Crippen LogP contribution in [0.1, 0.15) is 6.42 Å². The van der Waals surface area contributed by atoms with E-state index in [1.165, 1.54) is 6.42 Å². The zero-order valence-electron chi connectivity index (χ0n) is 7.38. The standard InChI is InChI=1S/C8H17NO2/c1-9-4-3-8(7-9)11-6-5-10-2/h8H,3-7H2,1-2H3/t8-/m1/s1. The van der Waals surface area contributed by atoms with Gasteiger partial charge in [0.05, 0.1) is 19.3 Å². The summed E-state index contributed by atoms with van der Waals surface area (Å²) in [6.07, 6.45) is 1.61. The van der Waals surface area contributed by atoms with E-state index in [1.54, 1.807) is 7.11 Å². The van der Waals surface area contributed by atoms with Crippen LogP contribution in [0.25, 0.3) is 0 Å². The fraction of sp³-hybridized carbons (Fsp3) is 1.00. The molecular formula is C8H17NO2. The molecule has 0 aromatic rings. The number of nitrogens with zero attached hydrogens (tertiary/aromatic N) is 1. The fourth-order valence-corrected chi connectivity index (χ4v) is 1.33. The molecule has 1 aliphatic heterocycles. The second kappa shape index (κ2) is 4.70. The van der Waals surface area contributed by atoms with E-state index in [0.29, 0.717) is 12.7 Å². The Bertz CT molecular complexity index is 108. The minimum absolute atomic E-state index is 0.440. The van der Waals surface area contributed by atoms with Gasteiger partial charge in [0.1, 0.15) is 0 Å². The third-order valence-electron chi connectivity index (χ3n) is 1.99.